The normalized spacial score (nSPS) is 14.3. The zero-order valence-electron chi connectivity index (χ0n) is 18.1. The van der Waals surface area contributed by atoms with Crippen molar-refractivity contribution in [3.05, 3.63) is 70.8 Å². The number of sulfonamides is 1. The molecule has 1 aliphatic heterocycles. The Labute approximate surface area is 184 Å². The van der Waals surface area contributed by atoms with Crippen LogP contribution in [-0.4, -0.2) is 44.6 Å². The number of benzene rings is 2. The number of ketones is 1. The number of aryl methyl sites for hydroxylation is 2. The Hall–Kier alpha value is -2.77. The van der Waals surface area contributed by atoms with Crippen molar-refractivity contribution in [1.82, 2.24) is 9.62 Å². The molecule has 2 aromatic carbocycles. The van der Waals surface area contributed by atoms with Crippen LogP contribution in [0.3, 0.4) is 0 Å². The predicted molar refractivity (Wildman–Crippen MR) is 121 cm³/mol. The van der Waals surface area contributed by atoms with Crippen molar-refractivity contribution < 1.29 is 18.0 Å². The van der Waals surface area contributed by atoms with E-state index in [1.54, 1.807) is 4.90 Å². The van der Waals surface area contributed by atoms with E-state index in [4.69, 9.17) is 0 Å². The van der Waals surface area contributed by atoms with Gasteiger partial charge in [0.25, 0.3) is 0 Å². The van der Waals surface area contributed by atoms with Crippen LogP contribution in [0.15, 0.2) is 53.4 Å². The SMILES string of the molecule is CC(=O)c1ccc(S(=O)(=O)NCCC(=O)N2CC=C(c3cc(C)cc(C)c3)CC2)cc1. The summed E-state index contributed by atoms with van der Waals surface area (Å²) in [5, 5.41) is 0. The van der Waals surface area contributed by atoms with Crippen LogP contribution in [0.4, 0.5) is 0 Å². The molecule has 6 nitrogen and oxygen atoms in total. The maximum atomic E-state index is 12.5. The van der Waals surface area contributed by atoms with Crippen LogP contribution in [0.1, 0.15) is 46.8 Å². The van der Waals surface area contributed by atoms with E-state index < -0.39 is 10.0 Å². The Kier molecular flexibility index (Phi) is 7.08. The largest absolute Gasteiger partial charge is 0.339 e. The zero-order chi connectivity index (χ0) is 22.6. The standard InChI is InChI=1S/C24H28N2O4S/c1-17-14-18(2)16-22(15-17)21-9-12-26(13-10-21)24(28)8-11-25-31(29,30)23-6-4-20(5-7-23)19(3)27/h4-7,9,14-16,25H,8,10-13H2,1-3H3. The fourth-order valence-corrected chi connectivity index (χ4v) is 4.75. The van der Waals surface area contributed by atoms with E-state index in [1.807, 2.05) is 0 Å². The first-order chi connectivity index (χ1) is 14.7. The molecule has 0 saturated carbocycles. The Morgan fingerprint density at radius 3 is 2.23 bits per heavy atom. The summed E-state index contributed by atoms with van der Waals surface area (Å²) < 4.78 is 27.3. The molecule has 0 fully saturated rings. The van der Waals surface area contributed by atoms with Gasteiger partial charge in [0.05, 0.1) is 4.90 Å². The van der Waals surface area contributed by atoms with Crippen molar-refractivity contribution in [2.75, 3.05) is 19.6 Å². The number of hydrogen-bond acceptors (Lipinski definition) is 4. The molecular formula is C24H28N2O4S. The minimum atomic E-state index is -3.73. The molecule has 2 aromatic rings. The molecule has 0 bridgehead atoms. The van der Waals surface area contributed by atoms with E-state index in [9.17, 15) is 18.0 Å². The van der Waals surface area contributed by atoms with Crippen molar-refractivity contribution in [3.63, 3.8) is 0 Å². The van der Waals surface area contributed by atoms with Crippen molar-refractivity contribution in [1.29, 1.82) is 0 Å². The summed E-state index contributed by atoms with van der Waals surface area (Å²) in [6, 6.07) is 12.2. The molecule has 0 aliphatic carbocycles. The quantitative estimate of drug-likeness (QED) is 0.668. The Morgan fingerprint density at radius 1 is 1.03 bits per heavy atom. The minimum Gasteiger partial charge on any atom is -0.339 e. The number of rotatable bonds is 7. The van der Waals surface area contributed by atoms with E-state index in [1.165, 1.54) is 53.5 Å². The monoisotopic (exact) mass is 440 g/mol. The van der Waals surface area contributed by atoms with E-state index >= 15 is 0 Å². The molecule has 1 heterocycles. The number of hydrogen-bond donors (Lipinski definition) is 1. The third-order valence-corrected chi connectivity index (χ3v) is 6.83. The lowest BCUT2D eigenvalue weighted by Gasteiger charge is -2.27. The molecule has 1 aliphatic rings. The summed E-state index contributed by atoms with van der Waals surface area (Å²) in [6.45, 7) is 6.76. The lowest BCUT2D eigenvalue weighted by atomic mass is 9.96. The first kappa shape index (κ1) is 22.9. The maximum absolute atomic E-state index is 12.5. The lowest BCUT2D eigenvalue weighted by Crippen LogP contribution is -2.37. The first-order valence-corrected chi connectivity index (χ1v) is 11.8. The average molecular weight is 441 g/mol. The summed E-state index contributed by atoms with van der Waals surface area (Å²) in [5.41, 5.74) is 5.33. The second kappa shape index (κ2) is 9.58. The molecule has 0 radical (unpaired) electrons. The van der Waals surface area contributed by atoms with Crippen molar-refractivity contribution in [2.24, 2.45) is 0 Å². The maximum Gasteiger partial charge on any atom is 0.240 e. The summed E-state index contributed by atoms with van der Waals surface area (Å²) in [4.78, 5) is 25.7. The molecule has 31 heavy (non-hydrogen) atoms. The Bertz CT molecular complexity index is 1100. The van der Waals surface area contributed by atoms with Crippen molar-refractivity contribution in [2.45, 2.75) is 38.5 Å². The molecule has 164 valence electrons. The number of amides is 1. The number of carbonyl (C=O) groups excluding carboxylic acids is 2. The number of nitrogens with zero attached hydrogens (tertiary/aromatic N) is 1. The molecular weight excluding hydrogens is 412 g/mol. The first-order valence-electron chi connectivity index (χ1n) is 10.3. The van der Waals surface area contributed by atoms with Gasteiger partial charge in [0.1, 0.15) is 0 Å². The lowest BCUT2D eigenvalue weighted by molar-refractivity contribution is -0.130. The fourth-order valence-electron chi connectivity index (χ4n) is 3.72. The third-order valence-electron chi connectivity index (χ3n) is 5.36. The van der Waals surface area contributed by atoms with Crippen molar-refractivity contribution in [3.8, 4) is 0 Å². The molecule has 0 aromatic heterocycles. The highest BCUT2D eigenvalue weighted by Crippen LogP contribution is 2.24. The fraction of sp³-hybridized carbons (Fsp3) is 0.333. The van der Waals surface area contributed by atoms with Gasteiger partial charge in [-0.2, -0.15) is 0 Å². The number of carbonyl (C=O) groups is 2. The van der Waals surface area contributed by atoms with E-state index in [-0.39, 0.29) is 29.6 Å². The summed E-state index contributed by atoms with van der Waals surface area (Å²) >= 11 is 0. The van der Waals surface area contributed by atoms with Crippen LogP contribution in [0.25, 0.3) is 5.57 Å². The highest BCUT2D eigenvalue weighted by atomic mass is 32.2. The highest BCUT2D eigenvalue weighted by Gasteiger charge is 2.20. The molecule has 0 spiro atoms. The average Bonchev–Trinajstić information content (AvgIpc) is 2.73. The number of nitrogens with one attached hydrogen (secondary N) is 1. The van der Waals surface area contributed by atoms with Crippen molar-refractivity contribution >= 4 is 27.3 Å². The molecule has 1 N–H and O–H groups in total. The van der Waals surface area contributed by atoms with Gasteiger partial charge in [-0.05, 0) is 50.5 Å². The van der Waals surface area contributed by atoms with Gasteiger partial charge < -0.3 is 4.90 Å². The van der Waals surface area contributed by atoms with Gasteiger partial charge in [0, 0.05) is 31.6 Å². The smallest absolute Gasteiger partial charge is 0.240 e. The van der Waals surface area contributed by atoms with Gasteiger partial charge in [-0.25, -0.2) is 13.1 Å². The van der Waals surface area contributed by atoms with Gasteiger partial charge in [-0.15, -0.1) is 0 Å². The summed E-state index contributed by atoms with van der Waals surface area (Å²) in [7, 11) is -3.73. The molecule has 1 amide bonds. The molecule has 0 unspecified atom stereocenters. The highest BCUT2D eigenvalue weighted by molar-refractivity contribution is 7.89. The van der Waals surface area contributed by atoms with Crippen LogP contribution in [0.2, 0.25) is 0 Å². The zero-order valence-corrected chi connectivity index (χ0v) is 19.0. The third kappa shape index (κ3) is 5.89. The van der Waals surface area contributed by atoms with Gasteiger partial charge in [-0.3, -0.25) is 9.59 Å². The minimum absolute atomic E-state index is 0.0276. The van der Waals surface area contributed by atoms with E-state index in [2.05, 4.69) is 42.8 Å². The molecule has 3 rings (SSSR count). The summed E-state index contributed by atoms with van der Waals surface area (Å²) in [6.07, 6.45) is 2.96. The van der Waals surface area contributed by atoms with E-state index in [0.29, 0.717) is 18.7 Å². The Morgan fingerprint density at radius 2 is 1.68 bits per heavy atom. The number of Topliss-reactive ketones (excluding diaryl/α,β-unsaturated/α-hetero) is 1. The van der Waals surface area contributed by atoms with Crippen LogP contribution in [-0.2, 0) is 14.8 Å². The summed E-state index contributed by atoms with van der Waals surface area (Å²) in [5.74, 6) is -0.205. The topological polar surface area (TPSA) is 83.5 Å². The second-order valence-corrected chi connectivity index (χ2v) is 9.69. The predicted octanol–water partition coefficient (Wildman–Crippen LogP) is 3.49. The van der Waals surface area contributed by atoms with Crippen LogP contribution >= 0.6 is 0 Å². The van der Waals surface area contributed by atoms with Gasteiger partial charge >= 0.3 is 0 Å². The van der Waals surface area contributed by atoms with E-state index in [0.717, 1.165) is 6.42 Å². The van der Waals surface area contributed by atoms with Gasteiger partial charge in [0.15, 0.2) is 5.78 Å². The van der Waals surface area contributed by atoms with Crippen LogP contribution in [0, 0.1) is 13.8 Å². The van der Waals surface area contributed by atoms with Gasteiger partial charge in [0.2, 0.25) is 15.9 Å². The molecule has 0 saturated heterocycles. The van der Waals surface area contributed by atoms with Gasteiger partial charge in [-0.1, -0.05) is 47.5 Å². The van der Waals surface area contributed by atoms with Crippen LogP contribution < -0.4 is 4.72 Å². The Balaban J connectivity index is 1.53. The second-order valence-electron chi connectivity index (χ2n) is 7.92. The molecule has 0 atom stereocenters. The van der Waals surface area contributed by atoms with Crippen LogP contribution in [0.5, 0.6) is 0 Å². The molecule has 7 heteroatoms.